The summed E-state index contributed by atoms with van der Waals surface area (Å²) in [5.74, 6) is 0. The van der Waals surface area contributed by atoms with E-state index in [0.29, 0.717) is 17.9 Å². The van der Waals surface area contributed by atoms with Crippen molar-refractivity contribution in [2.45, 2.75) is 6.42 Å². The van der Waals surface area contributed by atoms with Gasteiger partial charge >= 0.3 is 6.03 Å². The van der Waals surface area contributed by atoms with Crippen LogP contribution in [-0.4, -0.2) is 38.1 Å². The van der Waals surface area contributed by atoms with Crippen molar-refractivity contribution in [2.75, 3.05) is 38.2 Å². The van der Waals surface area contributed by atoms with Gasteiger partial charge in [0.2, 0.25) is 0 Å². The lowest BCUT2D eigenvalue weighted by Gasteiger charge is -2.10. The molecule has 0 saturated carbocycles. The standard InChI is InChI=1S/C12H20N4O/c1-16(2)8-4-7-14-12(17)15-11-6-3-5-10(13)9-11/h3,5-6,9H,4,7-8,13H2,1-2H3,(H2,14,15,17). The molecule has 0 aliphatic carbocycles. The maximum Gasteiger partial charge on any atom is 0.319 e. The van der Waals surface area contributed by atoms with E-state index in [1.54, 1.807) is 24.3 Å². The fourth-order valence-corrected chi connectivity index (χ4v) is 1.39. The van der Waals surface area contributed by atoms with Crippen LogP contribution in [0.15, 0.2) is 24.3 Å². The lowest BCUT2D eigenvalue weighted by molar-refractivity contribution is 0.251. The molecule has 1 aromatic rings. The van der Waals surface area contributed by atoms with E-state index < -0.39 is 0 Å². The SMILES string of the molecule is CN(C)CCCNC(=O)Nc1cccc(N)c1. The molecule has 0 bridgehead atoms. The van der Waals surface area contributed by atoms with Crippen molar-refractivity contribution in [1.82, 2.24) is 10.2 Å². The number of benzene rings is 1. The van der Waals surface area contributed by atoms with Crippen LogP contribution in [0.25, 0.3) is 0 Å². The predicted molar refractivity (Wildman–Crippen MR) is 71.0 cm³/mol. The minimum atomic E-state index is -0.200. The largest absolute Gasteiger partial charge is 0.399 e. The Morgan fingerprint density at radius 3 is 2.82 bits per heavy atom. The molecular weight excluding hydrogens is 216 g/mol. The first-order chi connectivity index (χ1) is 8.08. The van der Waals surface area contributed by atoms with Crippen molar-refractivity contribution in [2.24, 2.45) is 0 Å². The van der Waals surface area contributed by atoms with Gasteiger partial charge in [-0.25, -0.2) is 4.79 Å². The average molecular weight is 236 g/mol. The summed E-state index contributed by atoms with van der Waals surface area (Å²) in [5.41, 5.74) is 6.95. The number of nitrogens with two attached hydrogens (primary N) is 1. The highest BCUT2D eigenvalue weighted by Crippen LogP contribution is 2.11. The van der Waals surface area contributed by atoms with Gasteiger partial charge < -0.3 is 21.3 Å². The lowest BCUT2D eigenvalue weighted by Crippen LogP contribution is -2.31. The van der Waals surface area contributed by atoms with E-state index in [0.717, 1.165) is 13.0 Å². The molecule has 0 radical (unpaired) electrons. The van der Waals surface area contributed by atoms with Crippen LogP contribution in [-0.2, 0) is 0 Å². The Hall–Kier alpha value is -1.75. The van der Waals surface area contributed by atoms with Gasteiger partial charge in [-0.05, 0) is 45.3 Å². The third kappa shape index (κ3) is 5.77. The molecule has 0 atom stereocenters. The van der Waals surface area contributed by atoms with Gasteiger partial charge in [-0.2, -0.15) is 0 Å². The number of hydrogen-bond donors (Lipinski definition) is 3. The number of urea groups is 1. The number of carbonyl (C=O) groups excluding carboxylic acids is 1. The molecule has 2 amide bonds. The summed E-state index contributed by atoms with van der Waals surface area (Å²) in [7, 11) is 4.01. The van der Waals surface area contributed by atoms with Gasteiger partial charge in [0.05, 0.1) is 0 Å². The third-order valence-electron chi connectivity index (χ3n) is 2.21. The van der Waals surface area contributed by atoms with Crippen molar-refractivity contribution in [3.8, 4) is 0 Å². The average Bonchev–Trinajstić information content (AvgIpc) is 2.24. The van der Waals surface area contributed by atoms with E-state index in [4.69, 9.17) is 5.73 Å². The van der Waals surface area contributed by atoms with Crippen molar-refractivity contribution >= 4 is 17.4 Å². The van der Waals surface area contributed by atoms with Crippen molar-refractivity contribution in [1.29, 1.82) is 0 Å². The Morgan fingerprint density at radius 2 is 2.18 bits per heavy atom. The van der Waals surface area contributed by atoms with Gasteiger partial charge in [-0.1, -0.05) is 6.07 Å². The Morgan fingerprint density at radius 1 is 1.41 bits per heavy atom. The maximum absolute atomic E-state index is 11.5. The third-order valence-corrected chi connectivity index (χ3v) is 2.21. The molecule has 0 saturated heterocycles. The Kier molecular flexibility index (Phi) is 5.29. The molecule has 0 unspecified atom stereocenters. The number of nitrogens with zero attached hydrogens (tertiary/aromatic N) is 1. The Labute approximate surface area is 102 Å². The van der Waals surface area contributed by atoms with Crippen LogP contribution in [0.1, 0.15) is 6.42 Å². The Balaban J connectivity index is 2.25. The van der Waals surface area contributed by atoms with Crippen molar-refractivity contribution in [3.63, 3.8) is 0 Å². The fraction of sp³-hybridized carbons (Fsp3) is 0.417. The molecule has 0 heterocycles. The molecule has 1 rings (SSSR count). The molecule has 5 nitrogen and oxygen atoms in total. The fourth-order valence-electron chi connectivity index (χ4n) is 1.39. The topological polar surface area (TPSA) is 70.4 Å². The second-order valence-electron chi connectivity index (χ2n) is 4.16. The molecule has 0 fully saturated rings. The van der Waals surface area contributed by atoms with Gasteiger partial charge in [0.1, 0.15) is 0 Å². The van der Waals surface area contributed by atoms with E-state index in [9.17, 15) is 4.79 Å². The second-order valence-corrected chi connectivity index (χ2v) is 4.16. The lowest BCUT2D eigenvalue weighted by atomic mass is 10.3. The summed E-state index contributed by atoms with van der Waals surface area (Å²) in [6.45, 7) is 1.62. The van der Waals surface area contributed by atoms with Crippen LogP contribution < -0.4 is 16.4 Å². The van der Waals surface area contributed by atoms with E-state index in [2.05, 4.69) is 15.5 Å². The van der Waals surface area contributed by atoms with Crippen molar-refractivity contribution in [3.05, 3.63) is 24.3 Å². The molecule has 0 aliphatic heterocycles. The van der Waals surface area contributed by atoms with Gasteiger partial charge in [0.15, 0.2) is 0 Å². The number of anilines is 2. The molecule has 94 valence electrons. The molecule has 0 aliphatic rings. The number of amides is 2. The zero-order valence-corrected chi connectivity index (χ0v) is 10.4. The van der Waals surface area contributed by atoms with Crippen LogP contribution >= 0.6 is 0 Å². The minimum Gasteiger partial charge on any atom is -0.399 e. The molecule has 0 aromatic heterocycles. The number of rotatable bonds is 5. The van der Waals surface area contributed by atoms with Gasteiger partial charge in [-0.15, -0.1) is 0 Å². The number of nitrogens with one attached hydrogen (secondary N) is 2. The van der Waals surface area contributed by atoms with Gasteiger partial charge in [0, 0.05) is 17.9 Å². The molecule has 5 heteroatoms. The number of hydrogen-bond acceptors (Lipinski definition) is 3. The zero-order chi connectivity index (χ0) is 12.7. The first-order valence-corrected chi connectivity index (χ1v) is 5.63. The monoisotopic (exact) mass is 236 g/mol. The maximum atomic E-state index is 11.5. The van der Waals surface area contributed by atoms with Gasteiger partial charge in [0.25, 0.3) is 0 Å². The Bertz CT molecular complexity index is 365. The molecule has 4 N–H and O–H groups in total. The summed E-state index contributed by atoms with van der Waals surface area (Å²) < 4.78 is 0. The van der Waals surface area contributed by atoms with Crippen LogP contribution in [0.3, 0.4) is 0 Å². The molecule has 17 heavy (non-hydrogen) atoms. The predicted octanol–water partition coefficient (Wildman–Crippen LogP) is 1.34. The quantitative estimate of drug-likeness (QED) is 0.534. The van der Waals surface area contributed by atoms with E-state index >= 15 is 0 Å². The highest BCUT2D eigenvalue weighted by atomic mass is 16.2. The van der Waals surface area contributed by atoms with E-state index in [1.165, 1.54) is 0 Å². The van der Waals surface area contributed by atoms with E-state index in [1.807, 2.05) is 14.1 Å². The summed E-state index contributed by atoms with van der Waals surface area (Å²) >= 11 is 0. The number of carbonyl (C=O) groups is 1. The summed E-state index contributed by atoms with van der Waals surface area (Å²) in [6, 6.07) is 6.90. The summed E-state index contributed by atoms with van der Waals surface area (Å²) in [4.78, 5) is 13.6. The minimum absolute atomic E-state index is 0.200. The molecule has 1 aromatic carbocycles. The highest BCUT2D eigenvalue weighted by Gasteiger charge is 2.00. The summed E-state index contributed by atoms with van der Waals surface area (Å²) in [6.07, 6.45) is 0.928. The first-order valence-electron chi connectivity index (χ1n) is 5.63. The zero-order valence-electron chi connectivity index (χ0n) is 10.4. The van der Waals surface area contributed by atoms with Crippen LogP contribution in [0.2, 0.25) is 0 Å². The van der Waals surface area contributed by atoms with Crippen LogP contribution in [0, 0.1) is 0 Å². The molecule has 0 spiro atoms. The van der Waals surface area contributed by atoms with Gasteiger partial charge in [-0.3, -0.25) is 0 Å². The number of nitrogen functional groups attached to an aromatic ring is 1. The highest BCUT2D eigenvalue weighted by molar-refractivity contribution is 5.89. The van der Waals surface area contributed by atoms with E-state index in [-0.39, 0.29) is 6.03 Å². The normalized spacial score (nSPS) is 10.3. The first kappa shape index (κ1) is 13.3. The smallest absolute Gasteiger partial charge is 0.319 e. The van der Waals surface area contributed by atoms with Crippen LogP contribution in [0.4, 0.5) is 16.2 Å². The summed E-state index contributed by atoms with van der Waals surface area (Å²) in [5, 5.41) is 5.52. The van der Waals surface area contributed by atoms with Crippen LogP contribution in [0.5, 0.6) is 0 Å². The molecular formula is C12H20N4O. The van der Waals surface area contributed by atoms with Crippen molar-refractivity contribution < 1.29 is 4.79 Å². The second kappa shape index (κ2) is 6.75.